The van der Waals surface area contributed by atoms with Gasteiger partial charge in [0, 0.05) is 36.3 Å². The number of anilines is 1. The van der Waals surface area contributed by atoms with Crippen molar-refractivity contribution in [3.05, 3.63) is 106 Å². The normalized spacial score (nSPS) is 15.0. The number of non-ortho nitro benzene ring substituents is 1. The highest BCUT2D eigenvalue weighted by atomic mass is 16.6. The number of amides is 2. The lowest BCUT2D eigenvalue weighted by atomic mass is 10.0. The van der Waals surface area contributed by atoms with Crippen LogP contribution in [0.4, 0.5) is 11.4 Å². The van der Waals surface area contributed by atoms with E-state index in [0.717, 1.165) is 17.5 Å². The minimum atomic E-state index is -0.509. The van der Waals surface area contributed by atoms with Gasteiger partial charge in [-0.2, -0.15) is 0 Å². The second kappa shape index (κ2) is 10.7. The fourth-order valence-electron chi connectivity index (χ4n) is 4.20. The zero-order valence-corrected chi connectivity index (χ0v) is 19.1. The summed E-state index contributed by atoms with van der Waals surface area (Å²) in [6.45, 7) is 0.563. The fourth-order valence-corrected chi connectivity index (χ4v) is 4.20. The summed E-state index contributed by atoms with van der Waals surface area (Å²) in [7, 11) is 0. The lowest BCUT2D eigenvalue weighted by Crippen LogP contribution is -2.43. The van der Waals surface area contributed by atoms with E-state index in [1.54, 1.807) is 29.2 Å². The molecule has 8 nitrogen and oxygen atoms in total. The van der Waals surface area contributed by atoms with Crippen LogP contribution in [0, 0.1) is 10.1 Å². The highest BCUT2D eigenvalue weighted by Crippen LogP contribution is 2.21. The molecule has 0 saturated carbocycles. The molecule has 1 fully saturated rings. The van der Waals surface area contributed by atoms with Gasteiger partial charge in [0.25, 0.3) is 5.69 Å². The van der Waals surface area contributed by atoms with Crippen molar-refractivity contribution in [3.63, 3.8) is 0 Å². The molecule has 1 aliphatic rings. The number of Topliss-reactive ketones (excluding diaryl/α,β-unsaturated/α-hetero) is 1. The van der Waals surface area contributed by atoms with E-state index in [1.165, 1.54) is 24.3 Å². The van der Waals surface area contributed by atoms with Crippen LogP contribution in [0.5, 0.6) is 0 Å². The molecular weight excluding hydrogens is 446 g/mol. The van der Waals surface area contributed by atoms with Crippen molar-refractivity contribution >= 4 is 29.0 Å². The minimum Gasteiger partial charge on any atom is -0.330 e. The molecule has 178 valence electrons. The Hall–Kier alpha value is -4.33. The Labute approximate surface area is 202 Å². The number of likely N-dealkylation sites (tertiary alicyclic amines) is 1. The number of nitrogens with one attached hydrogen (secondary N) is 1. The highest BCUT2D eigenvalue weighted by Gasteiger charge is 2.33. The van der Waals surface area contributed by atoms with Crippen LogP contribution < -0.4 is 5.32 Å². The number of nitrogens with zero attached hydrogens (tertiary/aromatic N) is 2. The van der Waals surface area contributed by atoms with E-state index in [9.17, 15) is 24.5 Å². The second-order valence-electron chi connectivity index (χ2n) is 8.50. The summed E-state index contributed by atoms with van der Waals surface area (Å²) in [6.07, 6.45) is 1.80. The maximum absolute atomic E-state index is 12.9. The lowest BCUT2D eigenvalue weighted by Gasteiger charge is -2.24. The minimum absolute atomic E-state index is 0.0612. The Kier molecular flexibility index (Phi) is 7.30. The van der Waals surface area contributed by atoms with Gasteiger partial charge in [-0.05, 0) is 48.2 Å². The van der Waals surface area contributed by atoms with Crippen molar-refractivity contribution in [1.29, 1.82) is 0 Å². The van der Waals surface area contributed by atoms with Crippen molar-refractivity contribution < 1.29 is 19.3 Å². The monoisotopic (exact) mass is 471 g/mol. The van der Waals surface area contributed by atoms with E-state index in [4.69, 9.17) is 0 Å². The first-order chi connectivity index (χ1) is 16.9. The number of benzene rings is 3. The van der Waals surface area contributed by atoms with Crippen LogP contribution >= 0.6 is 0 Å². The quantitative estimate of drug-likeness (QED) is 0.301. The number of hydrogen-bond acceptors (Lipinski definition) is 5. The molecule has 2 amide bonds. The molecule has 0 radical (unpaired) electrons. The molecule has 0 aromatic heterocycles. The van der Waals surface area contributed by atoms with Crippen molar-refractivity contribution in [1.82, 2.24) is 4.90 Å². The van der Waals surface area contributed by atoms with E-state index in [1.807, 2.05) is 30.3 Å². The first-order valence-corrected chi connectivity index (χ1v) is 11.4. The zero-order chi connectivity index (χ0) is 24.8. The summed E-state index contributed by atoms with van der Waals surface area (Å²) in [5.41, 5.74) is 2.59. The summed E-state index contributed by atoms with van der Waals surface area (Å²) in [4.78, 5) is 50.1. The maximum Gasteiger partial charge on any atom is 0.269 e. The van der Waals surface area contributed by atoms with Gasteiger partial charge in [0.2, 0.25) is 11.8 Å². The number of carbonyl (C=O) groups excluding carboxylic acids is 3. The molecule has 0 spiro atoms. The van der Waals surface area contributed by atoms with Crippen molar-refractivity contribution in [2.75, 3.05) is 11.9 Å². The average molecular weight is 472 g/mol. The molecule has 3 aromatic carbocycles. The number of ketones is 1. The smallest absolute Gasteiger partial charge is 0.269 e. The molecule has 1 N–H and O–H groups in total. The molecule has 1 heterocycles. The van der Waals surface area contributed by atoms with Crippen LogP contribution in [0.15, 0.2) is 78.9 Å². The standard InChI is InChI=1S/C27H25N3O5/c31-25(21-10-14-23(15-11-21)30(34)35)17-20-8-12-22(13-9-20)28-27(33)24-7-4-16-29(24)26(32)18-19-5-2-1-3-6-19/h1-3,5-6,8-15,24H,4,7,16-18H2,(H,28,33)/t24-/m0/s1. The molecule has 1 aliphatic heterocycles. The molecule has 3 aromatic rings. The second-order valence-corrected chi connectivity index (χ2v) is 8.50. The van der Waals surface area contributed by atoms with Crippen molar-refractivity contribution in [3.8, 4) is 0 Å². The largest absolute Gasteiger partial charge is 0.330 e. The Bertz CT molecular complexity index is 1220. The molecule has 1 saturated heterocycles. The van der Waals surface area contributed by atoms with Gasteiger partial charge in [-0.25, -0.2) is 0 Å². The number of rotatable bonds is 8. The fraction of sp³-hybridized carbons (Fsp3) is 0.222. The van der Waals surface area contributed by atoms with Gasteiger partial charge < -0.3 is 10.2 Å². The van der Waals surface area contributed by atoms with Crippen LogP contribution in [0.25, 0.3) is 0 Å². The Morgan fingerprint density at radius 3 is 2.20 bits per heavy atom. The van der Waals surface area contributed by atoms with Gasteiger partial charge in [-0.3, -0.25) is 24.5 Å². The number of nitro benzene ring substituents is 1. The first-order valence-electron chi connectivity index (χ1n) is 11.4. The third kappa shape index (κ3) is 5.97. The molecule has 1 atom stereocenters. The first kappa shape index (κ1) is 23.8. The third-order valence-electron chi connectivity index (χ3n) is 6.06. The summed E-state index contributed by atoms with van der Waals surface area (Å²) in [5.74, 6) is -0.442. The maximum atomic E-state index is 12.9. The predicted octanol–water partition coefficient (Wildman–Crippen LogP) is 4.19. The zero-order valence-electron chi connectivity index (χ0n) is 19.1. The van der Waals surface area contributed by atoms with E-state index >= 15 is 0 Å². The van der Waals surface area contributed by atoms with Gasteiger partial charge in [-0.1, -0.05) is 42.5 Å². The molecule has 0 aliphatic carbocycles. The number of nitro groups is 1. The van der Waals surface area contributed by atoms with Crippen LogP contribution in [0.1, 0.15) is 34.3 Å². The van der Waals surface area contributed by atoms with E-state index in [2.05, 4.69) is 5.32 Å². The summed E-state index contributed by atoms with van der Waals surface area (Å²) in [6, 6.07) is 21.4. The van der Waals surface area contributed by atoms with Crippen LogP contribution in [-0.4, -0.2) is 40.0 Å². The Balaban J connectivity index is 1.33. The number of carbonyl (C=O) groups is 3. The molecular formula is C27H25N3O5. The van der Waals surface area contributed by atoms with Crippen molar-refractivity contribution in [2.24, 2.45) is 0 Å². The number of hydrogen-bond donors (Lipinski definition) is 1. The van der Waals surface area contributed by atoms with E-state index in [-0.39, 0.29) is 36.1 Å². The van der Waals surface area contributed by atoms with Gasteiger partial charge in [-0.15, -0.1) is 0 Å². The van der Waals surface area contributed by atoms with Crippen LogP contribution in [-0.2, 0) is 22.4 Å². The summed E-state index contributed by atoms with van der Waals surface area (Å²) in [5, 5.41) is 13.6. The molecule has 8 heteroatoms. The Morgan fingerprint density at radius 1 is 0.886 bits per heavy atom. The van der Waals surface area contributed by atoms with Gasteiger partial charge in [0.1, 0.15) is 6.04 Å². The van der Waals surface area contributed by atoms with Crippen LogP contribution in [0.3, 0.4) is 0 Å². The Morgan fingerprint density at radius 2 is 1.54 bits per heavy atom. The van der Waals surface area contributed by atoms with Gasteiger partial charge >= 0.3 is 0 Å². The molecule has 35 heavy (non-hydrogen) atoms. The topological polar surface area (TPSA) is 110 Å². The van der Waals surface area contributed by atoms with Gasteiger partial charge in [0.05, 0.1) is 11.3 Å². The average Bonchev–Trinajstić information content (AvgIpc) is 3.36. The predicted molar refractivity (Wildman–Crippen MR) is 131 cm³/mol. The highest BCUT2D eigenvalue weighted by molar-refractivity contribution is 5.99. The van der Waals surface area contributed by atoms with Crippen molar-refractivity contribution in [2.45, 2.75) is 31.7 Å². The van der Waals surface area contributed by atoms with Crippen LogP contribution in [0.2, 0.25) is 0 Å². The van der Waals surface area contributed by atoms with E-state index < -0.39 is 11.0 Å². The SMILES string of the molecule is O=C(Cc1ccc(NC(=O)[C@@H]2CCCN2C(=O)Cc2ccccc2)cc1)c1ccc([N+](=O)[O-])cc1. The third-order valence-corrected chi connectivity index (χ3v) is 6.06. The molecule has 4 rings (SSSR count). The lowest BCUT2D eigenvalue weighted by molar-refractivity contribution is -0.384. The van der Waals surface area contributed by atoms with E-state index in [0.29, 0.717) is 24.2 Å². The van der Waals surface area contributed by atoms with Gasteiger partial charge in [0.15, 0.2) is 5.78 Å². The molecule has 0 unspecified atom stereocenters. The summed E-state index contributed by atoms with van der Waals surface area (Å²) < 4.78 is 0. The summed E-state index contributed by atoms with van der Waals surface area (Å²) >= 11 is 0. The molecule has 0 bridgehead atoms.